The molecule has 0 bridgehead atoms. The minimum atomic E-state index is -3.78. The van der Waals surface area contributed by atoms with Crippen molar-refractivity contribution in [2.45, 2.75) is 12.1 Å². The molecule has 2 amide bonds. The highest BCUT2D eigenvalue weighted by Crippen LogP contribution is 2.32. The molecule has 4 rings (SSSR count). The number of rotatable bonds is 6. The quantitative estimate of drug-likeness (QED) is 0.349. The highest BCUT2D eigenvalue weighted by Gasteiger charge is 2.26. The number of halogens is 2. The van der Waals surface area contributed by atoms with Gasteiger partial charge in [-0.1, -0.05) is 48.3 Å². The number of hydrogen-bond donors (Lipinski definition) is 2. The maximum absolute atomic E-state index is 13.1. The van der Waals surface area contributed by atoms with Crippen LogP contribution in [0.3, 0.4) is 0 Å². The van der Waals surface area contributed by atoms with E-state index in [2.05, 4.69) is 20.6 Å². The zero-order valence-electron chi connectivity index (χ0n) is 17.5. The largest absolute Gasteiger partial charge is 0.449 e. The Morgan fingerprint density at radius 2 is 1.79 bits per heavy atom. The third-order valence-electron chi connectivity index (χ3n) is 4.72. The van der Waals surface area contributed by atoms with Crippen LogP contribution in [0.1, 0.15) is 28.0 Å². The normalized spacial score (nSPS) is 11.4. The van der Waals surface area contributed by atoms with Crippen LogP contribution in [0, 0.1) is 0 Å². The number of benzene rings is 2. The number of nitrogens with one attached hydrogen (secondary N) is 2. The topological polar surface area (TPSA) is 131 Å². The predicted molar refractivity (Wildman–Crippen MR) is 128 cm³/mol. The molecule has 2 heterocycles. The summed E-state index contributed by atoms with van der Waals surface area (Å²) in [6.07, 6.45) is 1.03. The molecular formula is C22H16Cl2N4O5S. The number of sulfone groups is 1. The lowest BCUT2D eigenvalue weighted by Crippen LogP contribution is -2.20. The van der Waals surface area contributed by atoms with Gasteiger partial charge < -0.3 is 15.1 Å². The molecule has 0 saturated heterocycles. The van der Waals surface area contributed by atoms with Crippen molar-refractivity contribution in [3.05, 3.63) is 76.2 Å². The fraction of sp³-hybridized carbons (Fsp3) is 0.0909. The predicted octanol–water partition coefficient (Wildman–Crippen LogP) is 4.83. The molecule has 0 atom stereocenters. The van der Waals surface area contributed by atoms with Crippen LogP contribution in [-0.4, -0.2) is 36.0 Å². The lowest BCUT2D eigenvalue weighted by molar-refractivity contribution is 0.0999. The Balaban J connectivity index is 1.73. The number of hydrogen-bond acceptors (Lipinski definition) is 7. The fourth-order valence-electron chi connectivity index (χ4n) is 3.05. The summed E-state index contributed by atoms with van der Waals surface area (Å²) in [5, 5.41) is 5.42. The Bertz CT molecular complexity index is 1540. The molecule has 0 radical (unpaired) electrons. The number of amides is 2. The second-order valence-corrected chi connectivity index (χ2v) is 9.99. The van der Waals surface area contributed by atoms with Crippen LogP contribution in [0.25, 0.3) is 11.0 Å². The number of nitrogens with zero attached hydrogens (tertiary/aromatic N) is 2. The minimum Gasteiger partial charge on any atom is -0.449 e. The molecule has 0 aliphatic heterocycles. The van der Waals surface area contributed by atoms with Crippen molar-refractivity contribution in [3.63, 3.8) is 0 Å². The van der Waals surface area contributed by atoms with Gasteiger partial charge in [-0.3, -0.25) is 9.59 Å². The summed E-state index contributed by atoms with van der Waals surface area (Å²) >= 11 is 12.0. The minimum absolute atomic E-state index is 0.0645. The average Bonchev–Trinajstić information content (AvgIpc) is 3.17. The first-order valence-electron chi connectivity index (χ1n) is 9.84. The van der Waals surface area contributed by atoms with E-state index < -0.39 is 26.8 Å². The lowest BCUT2D eigenvalue weighted by atomic mass is 10.2. The van der Waals surface area contributed by atoms with Crippen molar-refractivity contribution in [3.8, 4) is 0 Å². The van der Waals surface area contributed by atoms with Crippen LogP contribution in [0.4, 0.5) is 11.4 Å². The third kappa shape index (κ3) is 4.74. The molecule has 0 aliphatic carbocycles. The Labute approximate surface area is 204 Å². The average molecular weight is 519 g/mol. The third-order valence-corrected chi connectivity index (χ3v) is 6.74. The second kappa shape index (κ2) is 9.41. The number of para-hydroxylation sites is 1. The SMILES string of the molecule is CCS(=O)(=O)c1ncc(Cl)c(C(=O)Nc2c(C(=O)Nc3cccc(Cl)c3)oc3ccccc23)n1. The molecular weight excluding hydrogens is 503 g/mol. The van der Waals surface area contributed by atoms with Gasteiger partial charge in [0, 0.05) is 16.1 Å². The summed E-state index contributed by atoms with van der Waals surface area (Å²) in [4.78, 5) is 33.6. The molecule has 4 aromatic rings. The number of fused-ring (bicyclic) bond motifs is 1. The molecule has 2 aromatic carbocycles. The van der Waals surface area contributed by atoms with E-state index in [0.717, 1.165) is 6.20 Å². The standard InChI is InChI=1S/C22H16Cl2N4O5S/c1-2-34(31,32)22-25-11-15(24)18(28-22)20(29)27-17-14-8-3-4-9-16(14)33-19(17)21(30)26-13-7-5-6-12(23)10-13/h3-11H,2H2,1H3,(H,26,30)(H,27,29). The first-order chi connectivity index (χ1) is 16.2. The van der Waals surface area contributed by atoms with Crippen molar-refractivity contribution in [2.75, 3.05) is 16.4 Å². The molecule has 2 N–H and O–H groups in total. The summed E-state index contributed by atoms with van der Waals surface area (Å²) in [5.74, 6) is -1.92. The van der Waals surface area contributed by atoms with Crippen LogP contribution >= 0.6 is 23.2 Å². The van der Waals surface area contributed by atoms with Gasteiger partial charge in [-0.25, -0.2) is 18.4 Å². The number of furan rings is 1. The van der Waals surface area contributed by atoms with E-state index >= 15 is 0 Å². The van der Waals surface area contributed by atoms with Gasteiger partial charge in [0.05, 0.1) is 17.0 Å². The van der Waals surface area contributed by atoms with Gasteiger partial charge in [-0.05, 0) is 30.3 Å². The summed E-state index contributed by atoms with van der Waals surface area (Å²) in [5.41, 5.74) is 0.463. The summed E-state index contributed by atoms with van der Waals surface area (Å²) in [6.45, 7) is 1.43. The summed E-state index contributed by atoms with van der Waals surface area (Å²) < 4.78 is 30.0. The van der Waals surface area contributed by atoms with Gasteiger partial charge in [-0.2, -0.15) is 0 Å². The van der Waals surface area contributed by atoms with Crippen LogP contribution in [-0.2, 0) is 9.84 Å². The van der Waals surface area contributed by atoms with Gasteiger partial charge in [0.15, 0.2) is 5.69 Å². The summed E-state index contributed by atoms with van der Waals surface area (Å²) in [6, 6.07) is 13.2. The Morgan fingerprint density at radius 1 is 1.03 bits per heavy atom. The van der Waals surface area contributed by atoms with Crippen molar-refractivity contribution < 1.29 is 22.4 Å². The first-order valence-corrected chi connectivity index (χ1v) is 12.3. The van der Waals surface area contributed by atoms with Gasteiger partial charge in [0.25, 0.3) is 11.8 Å². The smallest absolute Gasteiger partial charge is 0.293 e. The fourth-order valence-corrected chi connectivity index (χ4v) is 4.11. The van der Waals surface area contributed by atoms with Crippen LogP contribution < -0.4 is 10.6 Å². The van der Waals surface area contributed by atoms with Gasteiger partial charge in [-0.15, -0.1) is 0 Å². The monoisotopic (exact) mass is 518 g/mol. The molecule has 0 fully saturated rings. The van der Waals surface area contributed by atoms with Gasteiger partial charge >= 0.3 is 0 Å². The van der Waals surface area contributed by atoms with Crippen molar-refractivity contribution >= 4 is 67.2 Å². The number of carbonyl (C=O) groups excluding carboxylic acids is 2. The van der Waals surface area contributed by atoms with E-state index in [1.165, 1.54) is 6.92 Å². The lowest BCUT2D eigenvalue weighted by Gasteiger charge is -2.09. The Morgan fingerprint density at radius 3 is 2.53 bits per heavy atom. The Kier molecular flexibility index (Phi) is 6.56. The van der Waals surface area contributed by atoms with E-state index in [9.17, 15) is 18.0 Å². The van der Waals surface area contributed by atoms with E-state index in [0.29, 0.717) is 21.7 Å². The van der Waals surface area contributed by atoms with Crippen LogP contribution in [0.2, 0.25) is 10.0 Å². The van der Waals surface area contributed by atoms with Crippen LogP contribution in [0.5, 0.6) is 0 Å². The molecule has 0 aliphatic rings. The molecule has 0 saturated carbocycles. The van der Waals surface area contributed by atoms with Crippen LogP contribution in [0.15, 0.2) is 64.3 Å². The molecule has 12 heteroatoms. The summed E-state index contributed by atoms with van der Waals surface area (Å²) in [7, 11) is -3.78. The zero-order valence-corrected chi connectivity index (χ0v) is 19.8. The molecule has 0 spiro atoms. The number of anilines is 2. The van der Waals surface area contributed by atoms with Gasteiger partial charge in [0.1, 0.15) is 11.3 Å². The van der Waals surface area contributed by atoms with Crippen molar-refractivity contribution in [2.24, 2.45) is 0 Å². The maximum Gasteiger partial charge on any atom is 0.293 e. The zero-order chi connectivity index (χ0) is 24.5. The van der Waals surface area contributed by atoms with Gasteiger partial charge in [0.2, 0.25) is 20.8 Å². The second-order valence-electron chi connectivity index (χ2n) is 6.97. The van der Waals surface area contributed by atoms with E-state index in [1.54, 1.807) is 48.5 Å². The first kappa shape index (κ1) is 23.7. The van der Waals surface area contributed by atoms with E-state index in [-0.39, 0.29) is 27.9 Å². The molecule has 0 unspecified atom stereocenters. The van der Waals surface area contributed by atoms with Crippen molar-refractivity contribution in [1.82, 2.24) is 9.97 Å². The van der Waals surface area contributed by atoms with E-state index in [4.69, 9.17) is 27.6 Å². The van der Waals surface area contributed by atoms with Crippen molar-refractivity contribution in [1.29, 1.82) is 0 Å². The maximum atomic E-state index is 13.1. The number of carbonyl (C=O) groups is 2. The molecule has 34 heavy (non-hydrogen) atoms. The highest BCUT2D eigenvalue weighted by atomic mass is 35.5. The van der Waals surface area contributed by atoms with E-state index in [1.807, 2.05) is 0 Å². The highest BCUT2D eigenvalue weighted by molar-refractivity contribution is 7.91. The molecule has 9 nitrogen and oxygen atoms in total. The Hall–Kier alpha value is -3.47. The molecule has 174 valence electrons. The number of aromatic nitrogens is 2. The molecule has 2 aromatic heterocycles.